The lowest BCUT2D eigenvalue weighted by Gasteiger charge is -2.23. The van der Waals surface area contributed by atoms with Gasteiger partial charge in [0, 0.05) is 0 Å². The summed E-state index contributed by atoms with van der Waals surface area (Å²) < 4.78 is 5.29. The van der Waals surface area contributed by atoms with Gasteiger partial charge in [-0.15, -0.1) is 0 Å². The predicted octanol–water partition coefficient (Wildman–Crippen LogP) is 2.22. The number of hydrogen-bond acceptors (Lipinski definition) is 3. The van der Waals surface area contributed by atoms with Crippen LogP contribution >= 0.6 is 0 Å². The molecular formula is C10H18N2O. The molecule has 0 radical (unpaired) electrons. The van der Waals surface area contributed by atoms with Crippen molar-refractivity contribution in [2.75, 3.05) is 0 Å². The Hall–Kier alpha value is -0.800. The van der Waals surface area contributed by atoms with Crippen LogP contribution in [0.5, 0.6) is 0 Å². The minimum atomic E-state index is 0.106. The van der Waals surface area contributed by atoms with Gasteiger partial charge in [0.15, 0.2) is 0 Å². The maximum absolute atomic E-state index is 5.46. The molecule has 13 heavy (non-hydrogen) atoms. The third-order valence-electron chi connectivity index (χ3n) is 1.90. The molecule has 1 aromatic heterocycles. The van der Waals surface area contributed by atoms with E-state index < -0.39 is 0 Å². The summed E-state index contributed by atoms with van der Waals surface area (Å²) in [5, 5.41) is 0. The van der Waals surface area contributed by atoms with Crippen LogP contribution in [0.1, 0.15) is 39.0 Å². The van der Waals surface area contributed by atoms with E-state index in [-0.39, 0.29) is 11.5 Å². The fourth-order valence-corrected chi connectivity index (χ4v) is 1.34. The van der Waals surface area contributed by atoms with Crippen LogP contribution in [0.4, 0.5) is 0 Å². The average Bonchev–Trinajstić information content (AvgIpc) is 2.50. The van der Waals surface area contributed by atoms with Gasteiger partial charge in [0.2, 0.25) is 0 Å². The van der Waals surface area contributed by atoms with Crippen LogP contribution in [0.3, 0.4) is 0 Å². The zero-order valence-electron chi connectivity index (χ0n) is 8.50. The first-order valence-corrected chi connectivity index (χ1v) is 4.52. The maximum Gasteiger partial charge on any atom is 0.122 e. The Morgan fingerprint density at radius 2 is 2.23 bits per heavy atom. The third-order valence-corrected chi connectivity index (χ3v) is 1.90. The van der Waals surface area contributed by atoms with Gasteiger partial charge in [0.1, 0.15) is 5.76 Å². The largest absolute Gasteiger partial charge is 0.468 e. The first-order chi connectivity index (χ1) is 6.03. The molecule has 1 aromatic rings. The van der Waals surface area contributed by atoms with E-state index in [0.717, 1.165) is 12.2 Å². The number of nitrogens with one attached hydrogen (secondary N) is 1. The minimum absolute atomic E-state index is 0.106. The molecule has 0 aromatic carbocycles. The van der Waals surface area contributed by atoms with Crippen molar-refractivity contribution in [2.24, 2.45) is 11.3 Å². The smallest absolute Gasteiger partial charge is 0.122 e. The van der Waals surface area contributed by atoms with Crippen molar-refractivity contribution in [3.05, 3.63) is 24.2 Å². The second-order valence-corrected chi connectivity index (χ2v) is 4.50. The first-order valence-electron chi connectivity index (χ1n) is 4.52. The van der Waals surface area contributed by atoms with Gasteiger partial charge in [0.05, 0.1) is 12.3 Å². The normalized spacial score (nSPS) is 14.5. The van der Waals surface area contributed by atoms with Crippen molar-refractivity contribution in [2.45, 2.75) is 33.2 Å². The Morgan fingerprint density at radius 3 is 2.62 bits per heavy atom. The second-order valence-electron chi connectivity index (χ2n) is 4.50. The van der Waals surface area contributed by atoms with E-state index in [1.807, 2.05) is 12.1 Å². The molecule has 3 N–H and O–H groups in total. The SMILES string of the molecule is CC(C)(C)CC(NN)c1ccco1. The molecule has 1 heterocycles. The molecular weight excluding hydrogens is 164 g/mol. The zero-order chi connectivity index (χ0) is 9.90. The molecule has 0 saturated carbocycles. The summed E-state index contributed by atoms with van der Waals surface area (Å²) in [5.41, 5.74) is 3.01. The van der Waals surface area contributed by atoms with Gasteiger partial charge in [-0.05, 0) is 24.0 Å². The zero-order valence-corrected chi connectivity index (χ0v) is 8.50. The van der Waals surface area contributed by atoms with Crippen molar-refractivity contribution in [1.29, 1.82) is 0 Å². The highest BCUT2D eigenvalue weighted by Crippen LogP contribution is 2.28. The van der Waals surface area contributed by atoms with E-state index in [9.17, 15) is 0 Å². The number of rotatable bonds is 3. The fraction of sp³-hybridized carbons (Fsp3) is 0.600. The van der Waals surface area contributed by atoms with Gasteiger partial charge in [0.25, 0.3) is 0 Å². The average molecular weight is 182 g/mol. The lowest BCUT2D eigenvalue weighted by atomic mass is 9.87. The van der Waals surface area contributed by atoms with Crippen LogP contribution in [-0.2, 0) is 0 Å². The molecule has 3 nitrogen and oxygen atoms in total. The molecule has 0 amide bonds. The fourth-order valence-electron chi connectivity index (χ4n) is 1.34. The summed E-state index contributed by atoms with van der Waals surface area (Å²) in [5.74, 6) is 6.36. The summed E-state index contributed by atoms with van der Waals surface area (Å²) in [6, 6.07) is 3.92. The molecule has 1 atom stereocenters. The molecule has 74 valence electrons. The van der Waals surface area contributed by atoms with Gasteiger partial charge in [-0.3, -0.25) is 5.84 Å². The summed E-state index contributed by atoms with van der Waals surface area (Å²) >= 11 is 0. The quantitative estimate of drug-likeness (QED) is 0.556. The van der Waals surface area contributed by atoms with E-state index in [1.165, 1.54) is 0 Å². The monoisotopic (exact) mass is 182 g/mol. The van der Waals surface area contributed by atoms with Crippen LogP contribution in [0.2, 0.25) is 0 Å². The van der Waals surface area contributed by atoms with Crippen LogP contribution in [0.25, 0.3) is 0 Å². The Kier molecular flexibility index (Phi) is 3.12. The van der Waals surface area contributed by atoms with Crippen molar-refractivity contribution in [1.82, 2.24) is 5.43 Å². The standard InChI is InChI=1S/C10H18N2O/c1-10(2,3)7-8(12-11)9-5-4-6-13-9/h4-6,8,12H,7,11H2,1-3H3. The predicted molar refractivity (Wildman–Crippen MR) is 52.8 cm³/mol. The summed E-state index contributed by atoms with van der Waals surface area (Å²) in [6.07, 6.45) is 2.62. The molecule has 0 spiro atoms. The summed E-state index contributed by atoms with van der Waals surface area (Å²) in [4.78, 5) is 0. The van der Waals surface area contributed by atoms with Crippen LogP contribution < -0.4 is 11.3 Å². The molecule has 0 saturated heterocycles. The van der Waals surface area contributed by atoms with Crippen LogP contribution in [-0.4, -0.2) is 0 Å². The molecule has 0 aliphatic carbocycles. The molecule has 3 heteroatoms. The number of hydrogen-bond donors (Lipinski definition) is 2. The lowest BCUT2D eigenvalue weighted by molar-refractivity contribution is 0.285. The Morgan fingerprint density at radius 1 is 1.54 bits per heavy atom. The molecule has 0 aliphatic rings. The van der Waals surface area contributed by atoms with E-state index in [0.29, 0.717) is 0 Å². The van der Waals surface area contributed by atoms with Gasteiger partial charge in [-0.1, -0.05) is 20.8 Å². The van der Waals surface area contributed by atoms with Gasteiger partial charge < -0.3 is 4.42 Å². The van der Waals surface area contributed by atoms with Crippen LogP contribution in [0.15, 0.2) is 22.8 Å². The molecule has 0 bridgehead atoms. The topological polar surface area (TPSA) is 51.2 Å². The number of hydrazine groups is 1. The Labute approximate surface area is 79.3 Å². The van der Waals surface area contributed by atoms with Crippen LogP contribution in [0, 0.1) is 5.41 Å². The van der Waals surface area contributed by atoms with E-state index in [4.69, 9.17) is 10.3 Å². The highest BCUT2D eigenvalue weighted by Gasteiger charge is 2.20. The first kappa shape index (κ1) is 10.3. The minimum Gasteiger partial charge on any atom is -0.468 e. The maximum atomic E-state index is 5.46. The van der Waals surface area contributed by atoms with E-state index >= 15 is 0 Å². The lowest BCUT2D eigenvalue weighted by Crippen LogP contribution is -2.30. The second kappa shape index (κ2) is 3.94. The van der Waals surface area contributed by atoms with E-state index in [2.05, 4.69) is 26.2 Å². The number of nitrogens with two attached hydrogens (primary N) is 1. The molecule has 1 rings (SSSR count). The number of furan rings is 1. The van der Waals surface area contributed by atoms with Crippen molar-refractivity contribution < 1.29 is 4.42 Å². The highest BCUT2D eigenvalue weighted by atomic mass is 16.3. The summed E-state index contributed by atoms with van der Waals surface area (Å²) in [7, 11) is 0. The molecule has 1 unspecified atom stereocenters. The van der Waals surface area contributed by atoms with Crippen molar-refractivity contribution in [3.63, 3.8) is 0 Å². The van der Waals surface area contributed by atoms with Gasteiger partial charge in [-0.25, -0.2) is 5.43 Å². The molecule has 0 aliphatic heterocycles. The Bertz CT molecular complexity index is 236. The van der Waals surface area contributed by atoms with Crippen molar-refractivity contribution in [3.8, 4) is 0 Å². The summed E-state index contributed by atoms with van der Waals surface area (Å²) in [6.45, 7) is 6.54. The third kappa shape index (κ3) is 3.20. The Balaban J connectivity index is 2.64. The van der Waals surface area contributed by atoms with Gasteiger partial charge in [-0.2, -0.15) is 0 Å². The highest BCUT2D eigenvalue weighted by molar-refractivity contribution is 5.04. The van der Waals surface area contributed by atoms with Gasteiger partial charge >= 0.3 is 0 Å². The van der Waals surface area contributed by atoms with E-state index in [1.54, 1.807) is 6.26 Å². The van der Waals surface area contributed by atoms with Crippen molar-refractivity contribution >= 4 is 0 Å². The molecule has 0 fully saturated rings.